The topological polar surface area (TPSA) is 15.3 Å². The van der Waals surface area contributed by atoms with Crippen molar-refractivity contribution in [3.8, 4) is 0 Å². The van der Waals surface area contributed by atoms with Crippen molar-refractivity contribution in [2.24, 2.45) is 0 Å². The van der Waals surface area contributed by atoms with Gasteiger partial charge in [0.2, 0.25) is 0 Å². The molecule has 2 nitrogen and oxygen atoms in total. The number of nitrogens with one attached hydrogen (secondary N) is 1. The summed E-state index contributed by atoms with van der Waals surface area (Å²) in [4.78, 5) is 2.49. The summed E-state index contributed by atoms with van der Waals surface area (Å²) in [5, 5.41) is 4.95. The van der Waals surface area contributed by atoms with Crippen LogP contribution in [0.5, 0.6) is 0 Å². The molecule has 20 heavy (non-hydrogen) atoms. The van der Waals surface area contributed by atoms with Crippen LogP contribution in [0.2, 0.25) is 10.0 Å². The van der Waals surface area contributed by atoms with Crippen LogP contribution in [0, 0.1) is 0 Å². The second kappa shape index (κ2) is 6.04. The Labute approximate surface area is 138 Å². The Morgan fingerprint density at radius 3 is 2.20 bits per heavy atom. The van der Waals surface area contributed by atoms with Crippen LogP contribution in [-0.4, -0.2) is 25.2 Å². The highest BCUT2D eigenvalue weighted by Crippen LogP contribution is 2.44. The summed E-state index contributed by atoms with van der Waals surface area (Å²) < 4.78 is 0.937. The molecule has 2 saturated heterocycles. The molecule has 1 aromatic rings. The molecule has 2 heterocycles. The van der Waals surface area contributed by atoms with Crippen LogP contribution in [0.1, 0.15) is 32.1 Å². The number of fused-ring (bicyclic) bond motifs is 2. The summed E-state index contributed by atoms with van der Waals surface area (Å²) in [6, 6.07) is 5.62. The minimum absolute atomic E-state index is 0.552. The molecule has 1 N–H and O–H groups in total. The van der Waals surface area contributed by atoms with Crippen molar-refractivity contribution in [1.82, 2.24) is 5.32 Å². The van der Waals surface area contributed by atoms with Gasteiger partial charge in [-0.3, -0.25) is 0 Å². The second-order valence-corrected chi connectivity index (χ2v) is 7.55. The van der Waals surface area contributed by atoms with Crippen LogP contribution in [0.3, 0.4) is 0 Å². The first kappa shape index (κ1) is 15.0. The van der Waals surface area contributed by atoms with Gasteiger partial charge in [0.1, 0.15) is 0 Å². The Bertz CT molecular complexity index is 472. The predicted molar refractivity (Wildman–Crippen MR) is 90.1 cm³/mol. The molecule has 3 rings (SSSR count). The van der Waals surface area contributed by atoms with Gasteiger partial charge >= 0.3 is 0 Å². The Balaban J connectivity index is 1.98. The molecule has 110 valence electrons. The van der Waals surface area contributed by atoms with Crippen molar-refractivity contribution < 1.29 is 0 Å². The van der Waals surface area contributed by atoms with E-state index in [2.05, 4.69) is 33.2 Å². The minimum atomic E-state index is 0.552. The maximum atomic E-state index is 6.48. The molecule has 1 aromatic carbocycles. The Morgan fingerprint density at radius 1 is 1.15 bits per heavy atom. The lowest BCUT2D eigenvalue weighted by atomic mass is 9.81. The third kappa shape index (κ3) is 2.70. The summed E-state index contributed by atoms with van der Waals surface area (Å²) in [6.45, 7) is 0. The van der Waals surface area contributed by atoms with E-state index in [1.165, 1.54) is 32.1 Å². The molecular formula is C15H19BrCl2N2. The van der Waals surface area contributed by atoms with Crippen molar-refractivity contribution in [3.05, 3.63) is 26.7 Å². The summed E-state index contributed by atoms with van der Waals surface area (Å²) in [5.74, 6) is 0. The quantitative estimate of drug-likeness (QED) is 0.791. The zero-order valence-corrected chi connectivity index (χ0v) is 14.6. The molecule has 5 heteroatoms. The molecule has 0 spiro atoms. The molecule has 2 unspecified atom stereocenters. The number of hydrogen-bond acceptors (Lipinski definition) is 2. The van der Waals surface area contributed by atoms with Gasteiger partial charge in [-0.25, -0.2) is 0 Å². The highest BCUT2D eigenvalue weighted by atomic mass is 79.9. The molecule has 0 radical (unpaired) electrons. The number of halogens is 3. The molecule has 0 saturated carbocycles. The zero-order chi connectivity index (χ0) is 14.3. The van der Waals surface area contributed by atoms with E-state index in [4.69, 9.17) is 23.2 Å². The lowest BCUT2D eigenvalue weighted by Gasteiger charge is -2.50. The number of hydrogen-bond donors (Lipinski definition) is 1. The largest absolute Gasteiger partial charge is 0.363 e. The van der Waals surface area contributed by atoms with E-state index in [0.717, 1.165) is 20.2 Å². The van der Waals surface area contributed by atoms with Crippen molar-refractivity contribution in [2.75, 3.05) is 11.9 Å². The van der Waals surface area contributed by atoms with Gasteiger partial charge in [0.25, 0.3) is 0 Å². The molecule has 2 aliphatic rings. The van der Waals surface area contributed by atoms with Crippen LogP contribution in [-0.2, 0) is 0 Å². The molecule has 2 atom stereocenters. The Kier molecular flexibility index (Phi) is 4.51. The van der Waals surface area contributed by atoms with Gasteiger partial charge in [-0.2, -0.15) is 0 Å². The molecule has 0 aromatic heterocycles. The second-order valence-electron chi connectivity index (χ2n) is 5.82. The lowest BCUT2D eigenvalue weighted by molar-refractivity contribution is 0.252. The van der Waals surface area contributed by atoms with E-state index in [1.807, 2.05) is 12.1 Å². The molecule has 2 aliphatic heterocycles. The minimum Gasteiger partial charge on any atom is -0.363 e. The van der Waals surface area contributed by atoms with Crippen LogP contribution < -0.4 is 10.2 Å². The first-order chi connectivity index (χ1) is 9.60. The summed E-state index contributed by atoms with van der Waals surface area (Å²) in [7, 11) is 2.07. The highest BCUT2D eigenvalue weighted by molar-refractivity contribution is 9.10. The number of anilines is 1. The molecule has 2 bridgehead atoms. The van der Waals surface area contributed by atoms with Gasteiger partial charge in [-0.1, -0.05) is 39.1 Å². The fraction of sp³-hybridized carbons (Fsp3) is 0.600. The number of benzene rings is 1. The van der Waals surface area contributed by atoms with Crippen molar-refractivity contribution in [1.29, 1.82) is 0 Å². The van der Waals surface area contributed by atoms with Crippen LogP contribution in [0.25, 0.3) is 0 Å². The van der Waals surface area contributed by atoms with Crippen molar-refractivity contribution in [3.63, 3.8) is 0 Å². The van der Waals surface area contributed by atoms with E-state index in [0.29, 0.717) is 18.1 Å². The van der Waals surface area contributed by atoms with Gasteiger partial charge in [-0.05, 0) is 51.3 Å². The first-order valence-electron chi connectivity index (χ1n) is 7.20. The monoisotopic (exact) mass is 376 g/mol. The first-order valence-corrected chi connectivity index (χ1v) is 8.75. The number of nitrogens with zero attached hydrogens (tertiary/aromatic N) is 1. The van der Waals surface area contributed by atoms with Crippen LogP contribution in [0.15, 0.2) is 16.6 Å². The Morgan fingerprint density at radius 2 is 1.70 bits per heavy atom. The molecule has 2 fully saturated rings. The van der Waals surface area contributed by atoms with Gasteiger partial charge < -0.3 is 10.2 Å². The summed E-state index contributed by atoms with van der Waals surface area (Å²) in [6.07, 6.45) is 6.13. The van der Waals surface area contributed by atoms with Crippen molar-refractivity contribution in [2.45, 2.75) is 50.2 Å². The fourth-order valence-electron chi connectivity index (χ4n) is 3.76. The lowest BCUT2D eigenvalue weighted by Crippen LogP contribution is -2.56. The normalized spacial score (nSPS) is 29.6. The molecule has 0 aliphatic carbocycles. The number of rotatable bonds is 2. The van der Waals surface area contributed by atoms with Gasteiger partial charge in [-0.15, -0.1) is 0 Å². The molecule has 0 amide bonds. The smallest absolute Gasteiger partial charge is 0.0750 e. The maximum absolute atomic E-state index is 6.48. The zero-order valence-electron chi connectivity index (χ0n) is 11.5. The van der Waals surface area contributed by atoms with Crippen LogP contribution >= 0.6 is 39.1 Å². The maximum Gasteiger partial charge on any atom is 0.0750 e. The van der Waals surface area contributed by atoms with Crippen LogP contribution in [0.4, 0.5) is 5.69 Å². The molecular weight excluding hydrogens is 359 g/mol. The van der Waals surface area contributed by atoms with E-state index < -0.39 is 0 Å². The van der Waals surface area contributed by atoms with Gasteiger partial charge in [0, 0.05) is 22.6 Å². The SMILES string of the molecule is CNC1CC2CCCC(C1)N2c1c(Cl)cc(Br)cc1Cl. The van der Waals surface area contributed by atoms with Gasteiger partial charge in [0.05, 0.1) is 15.7 Å². The average Bonchev–Trinajstić information content (AvgIpc) is 2.36. The van der Waals surface area contributed by atoms with Gasteiger partial charge in [0.15, 0.2) is 0 Å². The average molecular weight is 378 g/mol. The Hall–Kier alpha value is 0.0400. The summed E-state index contributed by atoms with van der Waals surface area (Å²) in [5.41, 5.74) is 1.03. The van der Waals surface area contributed by atoms with E-state index in [-0.39, 0.29) is 0 Å². The summed E-state index contributed by atoms with van der Waals surface area (Å²) >= 11 is 16.4. The van der Waals surface area contributed by atoms with E-state index in [1.54, 1.807) is 0 Å². The third-order valence-electron chi connectivity index (χ3n) is 4.62. The third-order valence-corrected chi connectivity index (χ3v) is 5.66. The highest BCUT2D eigenvalue weighted by Gasteiger charge is 2.39. The van der Waals surface area contributed by atoms with E-state index in [9.17, 15) is 0 Å². The van der Waals surface area contributed by atoms with E-state index >= 15 is 0 Å². The number of piperidine rings is 2. The predicted octanol–water partition coefficient (Wildman–Crippen LogP) is 4.87. The standard InChI is InChI=1S/C15H19BrCl2N2/c1-19-10-7-11-3-2-4-12(8-10)20(11)15-13(17)5-9(16)6-14(15)18/h5-6,10-12,19H,2-4,7-8H2,1H3. The fourth-order valence-corrected chi connectivity index (χ4v) is 5.17. The van der Waals surface area contributed by atoms with Crippen molar-refractivity contribution >= 4 is 44.8 Å².